The van der Waals surface area contributed by atoms with Gasteiger partial charge in [0.25, 0.3) is 0 Å². The van der Waals surface area contributed by atoms with Gasteiger partial charge in [0.05, 0.1) is 10.7 Å². The van der Waals surface area contributed by atoms with Crippen LogP contribution in [0.5, 0.6) is 0 Å². The number of guanidine groups is 1. The fourth-order valence-corrected chi connectivity index (χ4v) is 4.50. The third-order valence-electron chi connectivity index (χ3n) is 5.43. The molecule has 158 valence electrons. The third kappa shape index (κ3) is 6.51. The number of thiazole rings is 1. The molecular weight excluding hydrogens is 385 g/mol. The van der Waals surface area contributed by atoms with Crippen LogP contribution in [-0.2, 0) is 19.5 Å². The summed E-state index contributed by atoms with van der Waals surface area (Å²) in [4.78, 5) is 13.6. The van der Waals surface area contributed by atoms with E-state index in [1.807, 2.05) is 18.0 Å². The zero-order valence-electron chi connectivity index (χ0n) is 17.7. The average molecular weight is 418 g/mol. The Labute approximate surface area is 177 Å². The molecule has 0 bridgehead atoms. The molecule has 0 unspecified atom stereocenters. The maximum Gasteiger partial charge on any atom is 0.193 e. The Bertz CT molecular complexity index is 798. The van der Waals surface area contributed by atoms with Gasteiger partial charge in [-0.1, -0.05) is 19.1 Å². The molecule has 2 heterocycles. The molecule has 1 aliphatic rings. The standard InChI is InChI=1S/C22H32FN5S/c1-4-21-26-20(16-29-21)15-28-10-8-17(9-11-28)13-25-22(24-2)27(3)14-18-6-5-7-19(23)12-18/h5-7,12,16-17H,4,8-11,13-15H2,1-3H3,(H,24,25). The first-order valence-electron chi connectivity index (χ1n) is 10.4. The van der Waals surface area contributed by atoms with E-state index in [2.05, 4.69) is 27.5 Å². The number of likely N-dealkylation sites (tertiary alicyclic amines) is 1. The minimum atomic E-state index is -0.200. The lowest BCUT2D eigenvalue weighted by atomic mass is 9.97. The van der Waals surface area contributed by atoms with Gasteiger partial charge in [0.1, 0.15) is 5.82 Å². The van der Waals surface area contributed by atoms with Crippen molar-refractivity contribution in [2.75, 3.05) is 33.7 Å². The Kier molecular flexibility index (Phi) is 8.00. The predicted octanol–water partition coefficient (Wildman–Crippen LogP) is 3.76. The number of rotatable bonds is 7. The second-order valence-electron chi connectivity index (χ2n) is 7.72. The number of aryl methyl sites for hydroxylation is 1. The highest BCUT2D eigenvalue weighted by atomic mass is 32.1. The van der Waals surface area contributed by atoms with Gasteiger partial charge in [0, 0.05) is 39.1 Å². The van der Waals surface area contributed by atoms with E-state index in [4.69, 9.17) is 4.98 Å². The highest BCUT2D eigenvalue weighted by Crippen LogP contribution is 2.19. The van der Waals surface area contributed by atoms with Crippen molar-refractivity contribution in [2.45, 2.75) is 39.3 Å². The first-order valence-corrected chi connectivity index (χ1v) is 11.3. The van der Waals surface area contributed by atoms with E-state index in [0.717, 1.165) is 44.1 Å². The van der Waals surface area contributed by atoms with Crippen molar-refractivity contribution in [1.82, 2.24) is 20.1 Å². The quantitative estimate of drug-likeness (QED) is 0.550. The van der Waals surface area contributed by atoms with Crippen LogP contribution in [0.25, 0.3) is 0 Å². The van der Waals surface area contributed by atoms with Crippen LogP contribution < -0.4 is 5.32 Å². The summed E-state index contributed by atoms with van der Waals surface area (Å²) in [6.07, 6.45) is 3.39. The van der Waals surface area contributed by atoms with Gasteiger partial charge in [0.2, 0.25) is 0 Å². The number of piperidine rings is 1. The van der Waals surface area contributed by atoms with Gasteiger partial charge < -0.3 is 10.2 Å². The first kappa shape index (κ1) is 21.7. The summed E-state index contributed by atoms with van der Waals surface area (Å²) in [7, 11) is 3.78. The van der Waals surface area contributed by atoms with Gasteiger partial charge in [-0.2, -0.15) is 0 Å². The van der Waals surface area contributed by atoms with Crippen LogP contribution in [0.3, 0.4) is 0 Å². The molecule has 1 N–H and O–H groups in total. The Morgan fingerprint density at radius 3 is 2.83 bits per heavy atom. The number of nitrogens with zero attached hydrogens (tertiary/aromatic N) is 4. The van der Waals surface area contributed by atoms with E-state index in [1.165, 1.54) is 29.6 Å². The minimum absolute atomic E-state index is 0.200. The Hall–Kier alpha value is -1.99. The number of benzene rings is 1. The zero-order valence-corrected chi connectivity index (χ0v) is 18.5. The van der Waals surface area contributed by atoms with Gasteiger partial charge in [0.15, 0.2) is 5.96 Å². The van der Waals surface area contributed by atoms with Crippen molar-refractivity contribution in [3.63, 3.8) is 0 Å². The molecule has 1 aliphatic heterocycles. The summed E-state index contributed by atoms with van der Waals surface area (Å²) in [5.74, 6) is 1.30. The monoisotopic (exact) mass is 417 g/mol. The van der Waals surface area contributed by atoms with E-state index >= 15 is 0 Å². The Morgan fingerprint density at radius 1 is 1.38 bits per heavy atom. The first-order chi connectivity index (χ1) is 14.1. The largest absolute Gasteiger partial charge is 0.356 e. The highest BCUT2D eigenvalue weighted by Gasteiger charge is 2.20. The smallest absolute Gasteiger partial charge is 0.193 e. The molecule has 5 nitrogen and oxygen atoms in total. The second-order valence-corrected chi connectivity index (χ2v) is 8.66. The van der Waals surface area contributed by atoms with Gasteiger partial charge in [-0.05, 0) is 56.0 Å². The normalized spacial score (nSPS) is 16.2. The van der Waals surface area contributed by atoms with Crippen molar-refractivity contribution < 1.29 is 4.39 Å². The lowest BCUT2D eigenvalue weighted by Gasteiger charge is -2.32. The molecular formula is C22H32FN5S. The molecule has 0 amide bonds. The SMILES string of the molecule is CCc1nc(CN2CCC(CNC(=NC)N(C)Cc3cccc(F)c3)CC2)cs1. The summed E-state index contributed by atoms with van der Waals surface area (Å²) in [6, 6.07) is 6.73. The van der Waals surface area contributed by atoms with Crippen LogP contribution in [0.1, 0.15) is 36.0 Å². The van der Waals surface area contributed by atoms with Gasteiger partial charge in [-0.3, -0.25) is 9.89 Å². The fraction of sp³-hybridized carbons (Fsp3) is 0.545. The number of hydrogen-bond donors (Lipinski definition) is 1. The van der Waals surface area contributed by atoms with Crippen molar-refractivity contribution in [1.29, 1.82) is 0 Å². The van der Waals surface area contributed by atoms with Gasteiger partial charge >= 0.3 is 0 Å². The molecule has 0 aliphatic carbocycles. The molecule has 7 heteroatoms. The molecule has 1 aromatic heterocycles. The molecule has 1 saturated heterocycles. The van der Waals surface area contributed by atoms with E-state index in [-0.39, 0.29) is 5.82 Å². The predicted molar refractivity (Wildman–Crippen MR) is 119 cm³/mol. The van der Waals surface area contributed by atoms with E-state index < -0.39 is 0 Å². The van der Waals surface area contributed by atoms with E-state index in [1.54, 1.807) is 30.5 Å². The third-order valence-corrected chi connectivity index (χ3v) is 6.47. The van der Waals surface area contributed by atoms with Crippen molar-refractivity contribution in [2.24, 2.45) is 10.9 Å². The number of hydrogen-bond acceptors (Lipinski definition) is 4. The summed E-state index contributed by atoms with van der Waals surface area (Å²) in [5.41, 5.74) is 2.15. The fourth-order valence-electron chi connectivity index (χ4n) is 3.77. The molecule has 1 aromatic carbocycles. The summed E-state index contributed by atoms with van der Waals surface area (Å²) in [5, 5.41) is 6.93. The Balaban J connectivity index is 1.41. The van der Waals surface area contributed by atoms with Crippen molar-refractivity contribution in [3.05, 3.63) is 51.7 Å². The molecule has 29 heavy (non-hydrogen) atoms. The topological polar surface area (TPSA) is 43.8 Å². The number of nitrogens with one attached hydrogen (secondary N) is 1. The zero-order chi connectivity index (χ0) is 20.6. The van der Waals surface area contributed by atoms with Crippen molar-refractivity contribution >= 4 is 17.3 Å². The minimum Gasteiger partial charge on any atom is -0.356 e. The van der Waals surface area contributed by atoms with Crippen LogP contribution in [-0.4, -0.2) is 54.5 Å². The molecule has 2 aromatic rings. The summed E-state index contributed by atoms with van der Waals surface area (Å²) in [6.45, 7) is 6.90. The van der Waals surface area contributed by atoms with E-state index in [0.29, 0.717) is 12.5 Å². The number of aromatic nitrogens is 1. The summed E-state index contributed by atoms with van der Waals surface area (Å²) < 4.78 is 13.4. The molecule has 0 spiro atoms. The van der Waals surface area contributed by atoms with Gasteiger partial charge in [-0.25, -0.2) is 9.37 Å². The van der Waals surface area contributed by atoms with E-state index in [9.17, 15) is 4.39 Å². The van der Waals surface area contributed by atoms with Crippen LogP contribution >= 0.6 is 11.3 Å². The second kappa shape index (κ2) is 10.7. The maximum atomic E-state index is 13.4. The van der Waals surface area contributed by atoms with Crippen LogP contribution in [0, 0.1) is 11.7 Å². The van der Waals surface area contributed by atoms with Crippen LogP contribution in [0.4, 0.5) is 4.39 Å². The summed E-state index contributed by atoms with van der Waals surface area (Å²) >= 11 is 1.77. The maximum absolute atomic E-state index is 13.4. The van der Waals surface area contributed by atoms with Crippen LogP contribution in [0.15, 0.2) is 34.6 Å². The molecule has 1 fully saturated rings. The highest BCUT2D eigenvalue weighted by molar-refractivity contribution is 7.09. The molecule has 3 rings (SSSR count). The number of aliphatic imine (C=N–C) groups is 1. The average Bonchev–Trinajstić information content (AvgIpc) is 3.17. The number of halogens is 1. The molecule has 0 atom stereocenters. The Morgan fingerprint density at radius 2 is 2.17 bits per heavy atom. The molecule has 0 radical (unpaired) electrons. The lowest BCUT2D eigenvalue weighted by Crippen LogP contribution is -2.43. The molecule has 0 saturated carbocycles. The van der Waals surface area contributed by atoms with Gasteiger partial charge in [-0.15, -0.1) is 11.3 Å². The van der Waals surface area contributed by atoms with Crippen LogP contribution in [0.2, 0.25) is 0 Å². The van der Waals surface area contributed by atoms with Crippen molar-refractivity contribution in [3.8, 4) is 0 Å². The lowest BCUT2D eigenvalue weighted by molar-refractivity contribution is 0.176.